The van der Waals surface area contributed by atoms with Crippen molar-refractivity contribution < 1.29 is 9.53 Å². The zero-order valence-corrected chi connectivity index (χ0v) is 16.3. The van der Waals surface area contributed by atoms with Crippen molar-refractivity contribution in [3.05, 3.63) is 23.4 Å². The van der Waals surface area contributed by atoms with E-state index in [2.05, 4.69) is 25.4 Å². The summed E-state index contributed by atoms with van der Waals surface area (Å²) in [5, 5.41) is 12.3. The van der Waals surface area contributed by atoms with Crippen molar-refractivity contribution in [2.45, 2.75) is 30.8 Å². The van der Waals surface area contributed by atoms with Crippen LogP contribution < -0.4 is 10.2 Å². The van der Waals surface area contributed by atoms with E-state index in [9.17, 15) is 4.79 Å². The molecule has 2 aromatic heterocycles. The standard InChI is InChI=1S/C16H21ClN6O2S/c1-3-23-15(22-6-8-25-9-7-22)20-21-16(23)26-11(2)14(24)19-13-5-4-12(17)10-18-13/h4-5,10-11H,3,6-9H2,1-2H3,(H,18,19,24)/t11-/m1/s1. The van der Waals surface area contributed by atoms with Gasteiger partial charge in [-0.05, 0) is 26.0 Å². The van der Waals surface area contributed by atoms with Crippen LogP contribution in [0.25, 0.3) is 0 Å². The molecular weight excluding hydrogens is 376 g/mol. The highest BCUT2D eigenvalue weighted by Gasteiger charge is 2.23. The van der Waals surface area contributed by atoms with Gasteiger partial charge in [-0.3, -0.25) is 9.36 Å². The van der Waals surface area contributed by atoms with Gasteiger partial charge >= 0.3 is 0 Å². The summed E-state index contributed by atoms with van der Waals surface area (Å²) in [6.07, 6.45) is 1.50. The molecule has 140 valence electrons. The Kier molecular flexibility index (Phi) is 6.33. The third kappa shape index (κ3) is 4.46. The molecule has 1 amide bonds. The number of nitrogens with zero attached hydrogens (tertiary/aromatic N) is 5. The van der Waals surface area contributed by atoms with Crippen LogP contribution in [0.1, 0.15) is 13.8 Å². The maximum atomic E-state index is 12.4. The molecule has 0 spiro atoms. The van der Waals surface area contributed by atoms with Gasteiger partial charge in [0.1, 0.15) is 5.82 Å². The molecule has 1 N–H and O–H groups in total. The summed E-state index contributed by atoms with van der Waals surface area (Å²) >= 11 is 7.18. The van der Waals surface area contributed by atoms with Crippen molar-refractivity contribution in [1.29, 1.82) is 0 Å². The van der Waals surface area contributed by atoms with Crippen molar-refractivity contribution in [3.63, 3.8) is 0 Å². The van der Waals surface area contributed by atoms with Gasteiger partial charge in [-0.15, -0.1) is 10.2 Å². The molecule has 0 radical (unpaired) electrons. The first kappa shape index (κ1) is 18.9. The minimum atomic E-state index is -0.348. The fraction of sp³-hybridized carbons (Fsp3) is 0.500. The molecule has 1 aliphatic heterocycles. The molecular formula is C16H21ClN6O2S. The minimum Gasteiger partial charge on any atom is -0.378 e. The number of thioether (sulfide) groups is 1. The summed E-state index contributed by atoms with van der Waals surface area (Å²) in [7, 11) is 0. The smallest absolute Gasteiger partial charge is 0.238 e. The Hall–Kier alpha value is -1.84. The van der Waals surface area contributed by atoms with Gasteiger partial charge in [-0.1, -0.05) is 23.4 Å². The minimum absolute atomic E-state index is 0.150. The van der Waals surface area contributed by atoms with E-state index in [4.69, 9.17) is 16.3 Å². The summed E-state index contributed by atoms with van der Waals surface area (Å²) in [6.45, 7) is 7.56. The molecule has 8 nitrogen and oxygen atoms in total. The number of aromatic nitrogens is 4. The lowest BCUT2D eigenvalue weighted by Crippen LogP contribution is -2.38. The molecule has 3 rings (SSSR count). The zero-order chi connectivity index (χ0) is 18.5. The number of rotatable bonds is 6. The van der Waals surface area contributed by atoms with Gasteiger partial charge in [0.25, 0.3) is 0 Å². The number of hydrogen-bond acceptors (Lipinski definition) is 7. The predicted molar refractivity (Wildman–Crippen MR) is 102 cm³/mol. The first-order chi connectivity index (χ1) is 12.6. The summed E-state index contributed by atoms with van der Waals surface area (Å²) in [5.41, 5.74) is 0. The average Bonchev–Trinajstić information content (AvgIpc) is 3.06. The monoisotopic (exact) mass is 396 g/mol. The lowest BCUT2D eigenvalue weighted by atomic mass is 10.4. The topological polar surface area (TPSA) is 85.2 Å². The Morgan fingerprint density at radius 3 is 2.81 bits per heavy atom. The number of nitrogens with one attached hydrogen (secondary N) is 1. The highest BCUT2D eigenvalue weighted by Crippen LogP contribution is 2.26. The quantitative estimate of drug-likeness (QED) is 0.750. The Bertz CT molecular complexity index is 748. The van der Waals surface area contributed by atoms with E-state index in [1.807, 2.05) is 18.4 Å². The molecule has 0 aliphatic carbocycles. The van der Waals surface area contributed by atoms with Crippen molar-refractivity contribution in [3.8, 4) is 0 Å². The van der Waals surface area contributed by atoms with Gasteiger partial charge in [0.15, 0.2) is 5.16 Å². The molecule has 1 atom stereocenters. The van der Waals surface area contributed by atoms with E-state index in [1.165, 1.54) is 18.0 Å². The second-order valence-electron chi connectivity index (χ2n) is 5.74. The van der Waals surface area contributed by atoms with Crippen LogP contribution in [-0.4, -0.2) is 57.2 Å². The summed E-state index contributed by atoms with van der Waals surface area (Å²) in [6, 6.07) is 3.35. The van der Waals surface area contributed by atoms with Crippen LogP contribution in [0.5, 0.6) is 0 Å². The number of hydrogen-bond donors (Lipinski definition) is 1. The number of carbonyl (C=O) groups is 1. The SMILES string of the molecule is CCn1c(S[C@H](C)C(=O)Nc2ccc(Cl)cn2)nnc1N1CCOCC1. The van der Waals surface area contributed by atoms with Crippen LogP contribution in [0.4, 0.5) is 11.8 Å². The van der Waals surface area contributed by atoms with Gasteiger partial charge in [0.2, 0.25) is 11.9 Å². The van der Waals surface area contributed by atoms with Crippen molar-refractivity contribution in [2.75, 3.05) is 36.5 Å². The summed E-state index contributed by atoms with van der Waals surface area (Å²) in [4.78, 5) is 18.7. The molecule has 26 heavy (non-hydrogen) atoms. The molecule has 1 fully saturated rings. The zero-order valence-electron chi connectivity index (χ0n) is 14.7. The highest BCUT2D eigenvalue weighted by molar-refractivity contribution is 8.00. The van der Waals surface area contributed by atoms with E-state index < -0.39 is 0 Å². The second kappa shape index (κ2) is 8.70. The number of morpholine rings is 1. The van der Waals surface area contributed by atoms with Crippen molar-refractivity contribution >= 4 is 41.0 Å². The normalized spacial score (nSPS) is 15.7. The van der Waals surface area contributed by atoms with Crippen LogP contribution in [-0.2, 0) is 16.1 Å². The van der Waals surface area contributed by atoms with Gasteiger partial charge in [0, 0.05) is 25.8 Å². The molecule has 1 aliphatic rings. The molecule has 2 aromatic rings. The molecule has 3 heterocycles. The largest absolute Gasteiger partial charge is 0.378 e. The van der Waals surface area contributed by atoms with Crippen LogP contribution in [0.15, 0.2) is 23.5 Å². The van der Waals surface area contributed by atoms with Crippen LogP contribution >= 0.6 is 23.4 Å². The lowest BCUT2D eigenvalue weighted by Gasteiger charge is -2.27. The van der Waals surface area contributed by atoms with Gasteiger partial charge in [-0.25, -0.2) is 4.98 Å². The Labute approximate surface area is 161 Å². The Morgan fingerprint density at radius 1 is 1.38 bits per heavy atom. The van der Waals surface area contributed by atoms with Crippen LogP contribution in [0.2, 0.25) is 5.02 Å². The average molecular weight is 397 g/mol. The third-order valence-corrected chi connectivity index (χ3v) is 5.24. The predicted octanol–water partition coefficient (Wildman–Crippen LogP) is 2.30. The van der Waals surface area contributed by atoms with Gasteiger partial charge in [0.05, 0.1) is 23.5 Å². The summed E-state index contributed by atoms with van der Waals surface area (Å²) in [5.74, 6) is 1.14. The molecule has 0 bridgehead atoms. The molecule has 0 saturated carbocycles. The van der Waals surface area contributed by atoms with E-state index >= 15 is 0 Å². The van der Waals surface area contributed by atoms with E-state index in [-0.39, 0.29) is 11.2 Å². The third-order valence-electron chi connectivity index (χ3n) is 3.94. The van der Waals surface area contributed by atoms with E-state index in [0.29, 0.717) is 24.1 Å². The number of anilines is 2. The first-order valence-corrected chi connectivity index (χ1v) is 9.69. The second-order valence-corrected chi connectivity index (χ2v) is 7.48. The fourth-order valence-electron chi connectivity index (χ4n) is 2.53. The number of pyridine rings is 1. The number of ether oxygens (including phenoxy) is 1. The molecule has 10 heteroatoms. The van der Waals surface area contributed by atoms with Gasteiger partial charge in [-0.2, -0.15) is 0 Å². The van der Waals surface area contributed by atoms with E-state index in [0.717, 1.165) is 30.7 Å². The maximum Gasteiger partial charge on any atom is 0.238 e. The van der Waals surface area contributed by atoms with Crippen LogP contribution in [0.3, 0.4) is 0 Å². The Morgan fingerprint density at radius 2 is 2.15 bits per heavy atom. The first-order valence-electron chi connectivity index (χ1n) is 8.43. The molecule has 1 saturated heterocycles. The summed E-state index contributed by atoms with van der Waals surface area (Å²) < 4.78 is 7.42. The molecule has 0 unspecified atom stereocenters. The maximum absolute atomic E-state index is 12.4. The number of halogens is 1. The van der Waals surface area contributed by atoms with Crippen molar-refractivity contribution in [1.82, 2.24) is 19.7 Å². The number of carbonyl (C=O) groups excluding carboxylic acids is 1. The van der Waals surface area contributed by atoms with Crippen LogP contribution in [0, 0.1) is 0 Å². The lowest BCUT2D eigenvalue weighted by molar-refractivity contribution is -0.115. The van der Waals surface area contributed by atoms with Gasteiger partial charge < -0.3 is 15.0 Å². The van der Waals surface area contributed by atoms with E-state index in [1.54, 1.807) is 12.1 Å². The highest BCUT2D eigenvalue weighted by atomic mass is 35.5. The Balaban J connectivity index is 1.66. The molecule has 0 aromatic carbocycles. The fourth-order valence-corrected chi connectivity index (χ4v) is 3.55. The van der Waals surface area contributed by atoms with Crippen molar-refractivity contribution in [2.24, 2.45) is 0 Å². The number of amides is 1.